The number of nitrogens with one attached hydrogen (secondary N) is 1. The molecule has 5 nitrogen and oxygen atoms in total. The molecule has 1 rings (SSSR count). The van der Waals surface area contributed by atoms with Crippen LogP contribution in [0.5, 0.6) is 0 Å². The Morgan fingerprint density at radius 2 is 2.00 bits per heavy atom. The Kier molecular flexibility index (Phi) is 4.98. The van der Waals surface area contributed by atoms with Gasteiger partial charge in [-0.3, -0.25) is 9.69 Å². The minimum absolute atomic E-state index is 0.310. The predicted octanol–water partition coefficient (Wildman–Crippen LogP) is 0.228. The summed E-state index contributed by atoms with van der Waals surface area (Å²) in [6.07, 6.45) is 4.32. The van der Waals surface area contributed by atoms with Gasteiger partial charge in [0.1, 0.15) is 0 Å². The first kappa shape index (κ1) is 12.7. The lowest BCUT2D eigenvalue weighted by molar-refractivity contribution is -0.131. The molecule has 2 N–H and O–H groups in total. The summed E-state index contributed by atoms with van der Waals surface area (Å²) < 4.78 is 0. The number of carbonyl (C=O) groups excluding carboxylic acids is 1. The molecule has 1 heterocycles. The van der Waals surface area contributed by atoms with Gasteiger partial charge in [0.2, 0.25) is 5.91 Å². The van der Waals surface area contributed by atoms with Crippen molar-refractivity contribution in [3.05, 3.63) is 12.2 Å². The lowest BCUT2D eigenvalue weighted by atomic mass is 10.3. The molecule has 16 heavy (non-hydrogen) atoms. The normalized spacial score (nSPS) is 18.8. The molecule has 1 aliphatic heterocycles. The van der Waals surface area contributed by atoms with Gasteiger partial charge >= 0.3 is 5.97 Å². The molecule has 1 aliphatic rings. The molecule has 1 unspecified atom stereocenters. The first-order valence-electron chi connectivity index (χ1n) is 5.52. The molecular formula is C11H18N2O3. The zero-order chi connectivity index (χ0) is 12.0. The molecule has 0 aromatic rings. The van der Waals surface area contributed by atoms with E-state index in [1.165, 1.54) is 12.8 Å². The third kappa shape index (κ3) is 4.44. The van der Waals surface area contributed by atoms with Crippen molar-refractivity contribution in [3.63, 3.8) is 0 Å². The van der Waals surface area contributed by atoms with Gasteiger partial charge in [0, 0.05) is 24.7 Å². The van der Waals surface area contributed by atoms with E-state index in [2.05, 4.69) is 17.1 Å². The van der Waals surface area contributed by atoms with Gasteiger partial charge in [0.25, 0.3) is 0 Å². The number of likely N-dealkylation sites (tertiary alicyclic amines) is 1. The van der Waals surface area contributed by atoms with Crippen LogP contribution in [-0.2, 0) is 9.59 Å². The molecule has 0 radical (unpaired) electrons. The zero-order valence-electron chi connectivity index (χ0n) is 9.48. The van der Waals surface area contributed by atoms with Crippen molar-refractivity contribution in [1.82, 2.24) is 10.2 Å². The van der Waals surface area contributed by atoms with Gasteiger partial charge in [-0.1, -0.05) is 0 Å². The van der Waals surface area contributed by atoms with E-state index in [0.29, 0.717) is 12.6 Å². The van der Waals surface area contributed by atoms with Gasteiger partial charge in [-0.05, 0) is 32.9 Å². The fourth-order valence-corrected chi connectivity index (χ4v) is 1.77. The van der Waals surface area contributed by atoms with E-state index in [9.17, 15) is 9.59 Å². The van der Waals surface area contributed by atoms with Crippen LogP contribution in [-0.4, -0.2) is 47.6 Å². The Morgan fingerprint density at radius 1 is 1.38 bits per heavy atom. The number of carboxylic acid groups (broad SMARTS) is 1. The van der Waals surface area contributed by atoms with Crippen LogP contribution in [0.15, 0.2) is 12.2 Å². The second-order valence-electron chi connectivity index (χ2n) is 4.01. The van der Waals surface area contributed by atoms with Crippen LogP contribution in [0.2, 0.25) is 0 Å². The number of hydrogen-bond acceptors (Lipinski definition) is 3. The SMILES string of the molecule is CC(CNC(=O)/C=C/C(=O)O)N1CCCC1. The minimum Gasteiger partial charge on any atom is -0.478 e. The number of hydrogen-bond donors (Lipinski definition) is 2. The molecule has 5 heteroatoms. The minimum atomic E-state index is -1.11. The van der Waals surface area contributed by atoms with Crippen molar-refractivity contribution in [2.45, 2.75) is 25.8 Å². The number of carbonyl (C=O) groups is 2. The highest BCUT2D eigenvalue weighted by Crippen LogP contribution is 2.10. The van der Waals surface area contributed by atoms with Crippen molar-refractivity contribution in [3.8, 4) is 0 Å². The monoisotopic (exact) mass is 226 g/mol. The lowest BCUT2D eigenvalue weighted by Gasteiger charge is -2.23. The zero-order valence-corrected chi connectivity index (χ0v) is 9.48. The Labute approximate surface area is 95.1 Å². The van der Waals surface area contributed by atoms with E-state index in [0.717, 1.165) is 25.2 Å². The first-order chi connectivity index (χ1) is 7.59. The van der Waals surface area contributed by atoms with Crippen LogP contribution in [0.25, 0.3) is 0 Å². The summed E-state index contributed by atoms with van der Waals surface area (Å²) >= 11 is 0. The van der Waals surface area contributed by atoms with Gasteiger partial charge in [-0.2, -0.15) is 0 Å². The first-order valence-corrected chi connectivity index (χ1v) is 5.52. The quantitative estimate of drug-likeness (QED) is 0.658. The Morgan fingerprint density at radius 3 is 2.56 bits per heavy atom. The van der Waals surface area contributed by atoms with Crippen LogP contribution in [0.3, 0.4) is 0 Å². The smallest absolute Gasteiger partial charge is 0.328 e. The van der Waals surface area contributed by atoms with Crippen LogP contribution in [0.1, 0.15) is 19.8 Å². The van der Waals surface area contributed by atoms with Crippen molar-refractivity contribution < 1.29 is 14.7 Å². The van der Waals surface area contributed by atoms with Gasteiger partial charge in [0.05, 0.1) is 0 Å². The Hall–Kier alpha value is -1.36. The third-order valence-electron chi connectivity index (χ3n) is 2.71. The molecule has 90 valence electrons. The highest BCUT2D eigenvalue weighted by atomic mass is 16.4. The summed E-state index contributed by atoms with van der Waals surface area (Å²) in [5, 5.41) is 11.0. The van der Waals surface area contributed by atoms with Crippen LogP contribution < -0.4 is 5.32 Å². The van der Waals surface area contributed by atoms with E-state index < -0.39 is 5.97 Å². The summed E-state index contributed by atoms with van der Waals surface area (Å²) in [6, 6.07) is 0.310. The number of amides is 1. The second kappa shape index (κ2) is 6.27. The maximum absolute atomic E-state index is 11.2. The van der Waals surface area contributed by atoms with Crippen molar-refractivity contribution in [2.24, 2.45) is 0 Å². The molecule has 0 aromatic carbocycles. The van der Waals surface area contributed by atoms with Crippen molar-refractivity contribution in [1.29, 1.82) is 0 Å². The van der Waals surface area contributed by atoms with E-state index in [-0.39, 0.29) is 5.91 Å². The third-order valence-corrected chi connectivity index (χ3v) is 2.71. The van der Waals surface area contributed by atoms with E-state index in [1.807, 2.05) is 0 Å². The maximum atomic E-state index is 11.2. The van der Waals surface area contributed by atoms with E-state index in [4.69, 9.17) is 5.11 Å². The molecule has 1 fully saturated rings. The number of nitrogens with zero attached hydrogens (tertiary/aromatic N) is 1. The van der Waals surface area contributed by atoms with Gasteiger partial charge < -0.3 is 10.4 Å². The highest BCUT2D eigenvalue weighted by molar-refractivity contribution is 5.93. The topological polar surface area (TPSA) is 69.6 Å². The van der Waals surface area contributed by atoms with Crippen LogP contribution in [0, 0.1) is 0 Å². The molecule has 0 aromatic heterocycles. The van der Waals surface area contributed by atoms with Crippen LogP contribution in [0.4, 0.5) is 0 Å². The molecule has 1 atom stereocenters. The van der Waals surface area contributed by atoms with Crippen molar-refractivity contribution >= 4 is 11.9 Å². The molecule has 0 spiro atoms. The summed E-state index contributed by atoms with van der Waals surface area (Å²) in [5.74, 6) is -1.46. The van der Waals surface area contributed by atoms with Crippen LogP contribution >= 0.6 is 0 Å². The number of carboxylic acids is 1. The molecule has 0 saturated carbocycles. The molecular weight excluding hydrogens is 208 g/mol. The summed E-state index contributed by atoms with van der Waals surface area (Å²) in [5.41, 5.74) is 0. The number of rotatable bonds is 5. The standard InChI is InChI=1S/C11H18N2O3/c1-9(13-6-2-3-7-13)8-12-10(14)4-5-11(15)16/h4-5,9H,2-3,6-8H2,1H3,(H,12,14)(H,15,16)/b5-4+. The van der Waals surface area contributed by atoms with Gasteiger partial charge in [-0.15, -0.1) is 0 Å². The summed E-state index contributed by atoms with van der Waals surface area (Å²) in [6.45, 7) is 4.79. The second-order valence-corrected chi connectivity index (χ2v) is 4.01. The van der Waals surface area contributed by atoms with Crippen molar-refractivity contribution in [2.75, 3.05) is 19.6 Å². The summed E-state index contributed by atoms with van der Waals surface area (Å²) in [7, 11) is 0. The lowest BCUT2D eigenvalue weighted by Crippen LogP contribution is -2.40. The average Bonchev–Trinajstić information content (AvgIpc) is 2.76. The maximum Gasteiger partial charge on any atom is 0.328 e. The largest absolute Gasteiger partial charge is 0.478 e. The molecule has 1 saturated heterocycles. The molecule has 0 bridgehead atoms. The number of aliphatic carboxylic acids is 1. The highest BCUT2D eigenvalue weighted by Gasteiger charge is 2.17. The van der Waals surface area contributed by atoms with E-state index >= 15 is 0 Å². The Balaban J connectivity index is 2.22. The molecule has 1 amide bonds. The predicted molar refractivity (Wildman–Crippen MR) is 60.1 cm³/mol. The van der Waals surface area contributed by atoms with E-state index in [1.54, 1.807) is 0 Å². The fraction of sp³-hybridized carbons (Fsp3) is 0.636. The summed E-state index contributed by atoms with van der Waals surface area (Å²) in [4.78, 5) is 23.7. The molecule has 0 aliphatic carbocycles. The average molecular weight is 226 g/mol. The van der Waals surface area contributed by atoms with Gasteiger partial charge in [0.15, 0.2) is 0 Å². The Bertz CT molecular complexity index is 283. The van der Waals surface area contributed by atoms with Gasteiger partial charge in [-0.25, -0.2) is 4.79 Å². The fourth-order valence-electron chi connectivity index (χ4n) is 1.77.